The van der Waals surface area contributed by atoms with Gasteiger partial charge in [0, 0.05) is 17.5 Å². The normalized spacial score (nSPS) is 10.6. The number of aromatic nitrogens is 1. The van der Waals surface area contributed by atoms with Crippen LogP contribution in [-0.4, -0.2) is 17.5 Å². The third-order valence-corrected chi connectivity index (χ3v) is 4.89. The summed E-state index contributed by atoms with van der Waals surface area (Å²) in [6, 6.07) is 14.3. The fraction of sp³-hybridized carbons (Fsp3) is 0.238. The van der Waals surface area contributed by atoms with Gasteiger partial charge in [0.1, 0.15) is 5.75 Å². The van der Waals surface area contributed by atoms with E-state index in [0.29, 0.717) is 5.13 Å². The maximum absolute atomic E-state index is 12.2. The lowest BCUT2D eigenvalue weighted by molar-refractivity contribution is -0.118. The molecule has 26 heavy (non-hydrogen) atoms. The summed E-state index contributed by atoms with van der Waals surface area (Å²) in [5.41, 5.74) is 4.48. The molecule has 2 aromatic carbocycles. The van der Waals surface area contributed by atoms with E-state index in [1.54, 1.807) is 0 Å². The van der Waals surface area contributed by atoms with Gasteiger partial charge in [-0.3, -0.25) is 10.1 Å². The summed E-state index contributed by atoms with van der Waals surface area (Å²) >= 11 is 1.49. The van der Waals surface area contributed by atoms with Crippen LogP contribution in [0, 0.1) is 20.8 Å². The second-order valence-corrected chi connectivity index (χ2v) is 7.47. The van der Waals surface area contributed by atoms with Crippen LogP contribution in [-0.2, 0) is 11.2 Å². The van der Waals surface area contributed by atoms with Gasteiger partial charge in [-0.05, 0) is 37.5 Å². The summed E-state index contributed by atoms with van der Waals surface area (Å²) in [6.07, 6.45) is 2.62. The summed E-state index contributed by atoms with van der Waals surface area (Å²) in [5.74, 6) is 0.569. The average Bonchev–Trinajstić information content (AvgIpc) is 3.01. The highest BCUT2D eigenvalue weighted by atomic mass is 32.1. The maximum Gasteiger partial charge on any atom is 0.264 e. The Morgan fingerprint density at radius 3 is 2.50 bits per heavy atom. The number of nitrogens with one attached hydrogen (secondary N) is 1. The number of nitrogens with zero attached hydrogens (tertiary/aromatic N) is 1. The smallest absolute Gasteiger partial charge is 0.264 e. The summed E-state index contributed by atoms with van der Waals surface area (Å²) in [5, 5.41) is 3.41. The van der Waals surface area contributed by atoms with Crippen LogP contribution < -0.4 is 10.1 Å². The topological polar surface area (TPSA) is 51.2 Å². The van der Waals surface area contributed by atoms with Crippen molar-refractivity contribution in [2.45, 2.75) is 27.2 Å². The van der Waals surface area contributed by atoms with Gasteiger partial charge in [-0.1, -0.05) is 48.0 Å². The average molecular weight is 366 g/mol. The van der Waals surface area contributed by atoms with E-state index in [1.807, 2.05) is 45.2 Å². The molecule has 5 heteroatoms. The Morgan fingerprint density at radius 1 is 1.12 bits per heavy atom. The minimum atomic E-state index is -0.204. The van der Waals surface area contributed by atoms with E-state index in [2.05, 4.69) is 34.6 Å². The lowest BCUT2D eigenvalue weighted by atomic mass is 10.1. The zero-order valence-electron chi connectivity index (χ0n) is 15.2. The highest BCUT2D eigenvalue weighted by molar-refractivity contribution is 7.15. The van der Waals surface area contributed by atoms with Crippen molar-refractivity contribution in [2.75, 3.05) is 11.9 Å². The second-order valence-electron chi connectivity index (χ2n) is 6.36. The number of ether oxygens (including phenoxy) is 1. The molecule has 1 N–H and O–H groups in total. The van der Waals surface area contributed by atoms with E-state index in [-0.39, 0.29) is 12.5 Å². The summed E-state index contributed by atoms with van der Waals surface area (Å²) in [4.78, 5) is 17.6. The van der Waals surface area contributed by atoms with Crippen molar-refractivity contribution in [3.63, 3.8) is 0 Å². The van der Waals surface area contributed by atoms with Crippen LogP contribution in [0.25, 0.3) is 0 Å². The first-order chi connectivity index (χ1) is 12.5. The Kier molecular flexibility index (Phi) is 5.68. The molecule has 0 fully saturated rings. The standard InChI is InChI=1S/C21H22N2O2S/c1-14-9-15(2)20(16(3)10-14)25-13-19(24)23-21-22-12-18(26-21)11-17-7-5-4-6-8-17/h4-10,12H,11,13H2,1-3H3,(H,22,23,24). The molecule has 1 aromatic heterocycles. The number of hydrogen-bond acceptors (Lipinski definition) is 4. The number of carbonyl (C=O) groups excluding carboxylic acids is 1. The van der Waals surface area contributed by atoms with Crippen molar-refractivity contribution in [2.24, 2.45) is 0 Å². The van der Waals surface area contributed by atoms with Crippen LogP contribution in [0.5, 0.6) is 5.75 Å². The minimum Gasteiger partial charge on any atom is -0.483 e. The molecule has 3 rings (SSSR count). The molecule has 0 atom stereocenters. The minimum absolute atomic E-state index is 0.0294. The number of thiazole rings is 1. The Morgan fingerprint density at radius 2 is 1.81 bits per heavy atom. The zero-order valence-corrected chi connectivity index (χ0v) is 16.0. The molecule has 1 amide bonds. The van der Waals surface area contributed by atoms with E-state index < -0.39 is 0 Å². The summed E-state index contributed by atoms with van der Waals surface area (Å²) < 4.78 is 5.72. The molecule has 0 radical (unpaired) electrons. The van der Waals surface area contributed by atoms with Crippen LogP contribution in [0.15, 0.2) is 48.7 Å². The number of hydrogen-bond donors (Lipinski definition) is 1. The van der Waals surface area contributed by atoms with Crippen LogP contribution in [0.3, 0.4) is 0 Å². The third kappa shape index (κ3) is 4.70. The maximum atomic E-state index is 12.2. The monoisotopic (exact) mass is 366 g/mol. The predicted molar refractivity (Wildman–Crippen MR) is 106 cm³/mol. The Labute approximate surface area is 157 Å². The van der Waals surface area contributed by atoms with Crippen molar-refractivity contribution in [3.8, 4) is 5.75 Å². The van der Waals surface area contributed by atoms with E-state index in [0.717, 1.165) is 28.2 Å². The van der Waals surface area contributed by atoms with Crippen molar-refractivity contribution in [3.05, 3.63) is 75.8 Å². The van der Waals surface area contributed by atoms with Crippen LogP contribution >= 0.6 is 11.3 Å². The number of anilines is 1. The van der Waals surface area contributed by atoms with Crippen LogP contribution in [0.4, 0.5) is 5.13 Å². The quantitative estimate of drug-likeness (QED) is 0.689. The van der Waals surface area contributed by atoms with E-state index in [9.17, 15) is 4.79 Å². The van der Waals surface area contributed by atoms with Gasteiger partial charge < -0.3 is 4.74 Å². The van der Waals surface area contributed by atoms with Gasteiger partial charge >= 0.3 is 0 Å². The fourth-order valence-corrected chi connectivity index (χ4v) is 3.79. The fourth-order valence-electron chi connectivity index (χ4n) is 2.93. The molecular weight excluding hydrogens is 344 g/mol. The molecule has 0 saturated heterocycles. The number of aryl methyl sites for hydroxylation is 3. The Hall–Kier alpha value is -2.66. The summed E-state index contributed by atoms with van der Waals surface area (Å²) in [6.45, 7) is 6.00. The Bertz CT molecular complexity index is 880. The number of amides is 1. The van der Waals surface area contributed by atoms with E-state index in [4.69, 9.17) is 4.74 Å². The predicted octanol–water partition coefficient (Wildman–Crippen LogP) is 4.68. The molecule has 0 saturated carbocycles. The van der Waals surface area contributed by atoms with Gasteiger partial charge in [-0.15, -0.1) is 11.3 Å². The van der Waals surface area contributed by atoms with Crippen LogP contribution in [0.1, 0.15) is 27.1 Å². The van der Waals surface area contributed by atoms with Crippen molar-refractivity contribution < 1.29 is 9.53 Å². The first-order valence-corrected chi connectivity index (χ1v) is 9.32. The summed E-state index contributed by atoms with van der Waals surface area (Å²) in [7, 11) is 0. The zero-order chi connectivity index (χ0) is 18.5. The molecule has 134 valence electrons. The first kappa shape index (κ1) is 18.1. The highest BCUT2D eigenvalue weighted by Crippen LogP contribution is 2.25. The largest absolute Gasteiger partial charge is 0.483 e. The van der Waals surface area contributed by atoms with Gasteiger partial charge in [0.15, 0.2) is 11.7 Å². The molecule has 3 aromatic rings. The molecule has 0 unspecified atom stereocenters. The lowest BCUT2D eigenvalue weighted by Gasteiger charge is -2.12. The molecule has 0 aliphatic rings. The third-order valence-electron chi connectivity index (χ3n) is 3.97. The molecule has 0 aliphatic heterocycles. The highest BCUT2D eigenvalue weighted by Gasteiger charge is 2.11. The number of rotatable bonds is 6. The molecule has 4 nitrogen and oxygen atoms in total. The number of benzene rings is 2. The second kappa shape index (κ2) is 8.15. The molecule has 0 aliphatic carbocycles. The molecule has 0 spiro atoms. The van der Waals surface area contributed by atoms with Crippen molar-refractivity contribution >= 4 is 22.4 Å². The van der Waals surface area contributed by atoms with Gasteiger partial charge in [0.05, 0.1) is 0 Å². The van der Waals surface area contributed by atoms with Gasteiger partial charge in [0.2, 0.25) is 0 Å². The Balaban J connectivity index is 1.56. The van der Waals surface area contributed by atoms with Gasteiger partial charge in [-0.25, -0.2) is 4.98 Å². The molecular formula is C21H22N2O2S. The van der Waals surface area contributed by atoms with Gasteiger partial charge in [0.25, 0.3) is 5.91 Å². The SMILES string of the molecule is Cc1cc(C)c(OCC(=O)Nc2ncc(Cc3ccccc3)s2)c(C)c1. The van der Waals surface area contributed by atoms with Crippen LogP contribution in [0.2, 0.25) is 0 Å². The first-order valence-electron chi connectivity index (χ1n) is 8.50. The molecule has 1 heterocycles. The lowest BCUT2D eigenvalue weighted by Crippen LogP contribution is -2.20. The van der Waals surface area contributed by atoms with Gasteiger partial charge in [-0.2, -0.15) is 0 Å². The van der Waals surface area contributed by atoms with E-state index in [1.165, 1.54) is 22.5 Å². The van der Waals surface area contributed by atoms with E-state index >= 15 is 0 Å². The molecule has 0 bridgehead atoms. The van der Waals surface area contributed by atoms with Crippen molar-refractivity contribution in [1.82, 2.24) is 4.98 Å². The van der Waals surface area contributed by atoms with Crippen molar-refractivity contribution in [1.29, 1.82) is 0 Å². The number of carbonyl (C=O) groups is 1.